The van der Waals surface area contributed by atoms with Crippen molar-refractivity contribution in [2.24, 2.45) is 5.92 Å². The highest BCUT2D eigenvalue weighted by Gasteiger charge is 2.17. The van der Waals surface area contributed by atoms with Gasteiger partial charge in [-0.15, -0.1) is 0 Å². The first-order valence-electron chi connectivity index (χ1n) is 6.59. The van der Waals surface area contributed by atoms with Crippen LogP contribution in [0.5, 0.6) is 0 Å². The van der Waals surface area contributed by atoms with Gasteiger partial charge >= 0.3 is 0 Å². The number of hydrogen-bond donors (Lipinski definition) is 1. The van der Waals surface area contributed by atoms with Crippen LogP contribution >= 0.6 is 0 Å². The Morgan fingerprint density at radius 3 is 2.80 bits per heavy atom. The van der Waals surface area contributed by atoms with Crippen molar-refractivity contribution >= 4 is 0 Å². The fourth-order valence-electron chi connectivity index (χ4n) is 2.64. The van der Waals surface area contributed by atoms with Crippen LogP contribution in [0.2, 0.25) is 0 Å². The fraction of sp³-hybridized carbons (Fsp3) is 1.00. The molecular formula is C13H27NO. The van der Waals surface area contributed by atoms with E-state index in [0.29, 0.717) is 0 Å². The van der Waals surface area contributed by atoms with Crippen LogP contribution in [-0.2, 0) is 4.74 Å². The summed E-state index contributed by atoms with van der Waals surface area (Å²) in [6, 6.07) is 0.752. The van der Waals surface area contributed by atoms with Crippen molar-refractivity contribution in [3.8, 4) is 0 Å². The van der Waals surface area contributed by atoms with Gasteiger partial charge in [0.15, 0.2) is 0 Å². The van der Waals surface area contributed by atoms with Gasteiger partial charge in [0.05, 0.1) is 6.61 Å². The molecule has 15 heavy (non-hydrogen) atoms. The number of hydrogen-bond acceptors (Lipinski definition) is 2. The topological polar surface area (TPSA) is 21.3 Å². The lowest BCUT2D eigenvalue weighted by Gasteiger charge is -2.16. The third-order valence-electron chi connectivity index (χ3n) is 3.52. The van der Waals surface area contributed by atoms with Gasteiger partial charge in [-0.2, -0.15) is 0 Å². The highest BCUT2D eigenvalue weighted by molar-refractivity contribution is 4.74. The van der Waals surface area contributed by atoms with Crippen molar-refractivity contribution in [2.75, 3.05) is 20.3 Å². The van der Waals surface area contributed by atoms with Crippen LogP contribution < -0.4 is 5.32 Å². The van der Waals surface area contributed by atoms with Crippen LogP contribution in [0.3, 0.4) is 0 Å². The van der Waals surface area contributed by atoms with Gasteiger partial charge in [-0.25, -0.2) is 0 Å². The first-order valence-corrected chi connectivity index (χ1v) is 6.59. The Balaban J connectivity index is 2.14. The molecule has 1 aliphatic carbocycles. The summed E-state index contributed by atoms with van der Waals surface area (Å²) in [6.07, 6.45) is 9.82. The summed E-state index contributed by atoms with van der Waals surface area (Å²) in [6.45, 7) is 4.16. The summed E-state index contributed by atoms with van der Waals surface area (Å²) in [5, 5.41) is 3.60. The molecule has 0 aromatic heterocycles. The Kier molecular flexibility index (Phi) is 7.03. The molecule has 0 heterocycles. The number of ether oxygens (including phenoxy) is 1. The van der Waals surface area contributed by atoms with E-state index < -0.39 is 0 Å². The normalized spacial score (nSPS) is 27.6. The molecule has 0 aromatic carbocycles. The molecule has 0 aliphatic heterocycles. The average molecular weight is 213 g/mol. The zero-order valence-electron chi connectivity index (χ0n) is 10.4. The standard InChI is InChI=1S/C13H27NO/c1-3-5-12-6-4-7-13(9-8-12)14-10-11-15-2/h12-14H,3-11H2,1-2H3. The van der Waals surface area contributed by atoms with E-state index in [1.165, 1.54) is 44.9 Å². The predicted octanol–water partition coefficient (Wildman–Crippen LogP) is 2.97. The molecule has 1 saturated carbocycles. The highest BCUT2D eigenvalue weighted by Crippen LogP contribution is 2.26. The Labute approximate surface area is 94.8 Å². The SMILES string of the molecule is CCCC1CCCC(NCCOC)CC1. The van der Waals surface area contributed by atoms with Gasteiger partial charge in [-0.05, 0) is 25.2 Å². The lowest BCUT2D eigenvalue weighted by Crippen LogP contribution is -2.31. The van der Waals surface area contributed by atoms with Gasteiger partial charge in [-0.1, -0.05) is 32.6 Å². The Morgan fingerprint density at radius 1 is 1.20 bits per heavy atom. The second kappa shape index (κ2) is 8.12. The maximum atomic E-state index is 5.06. The molecule has 0 radical (unpaired) electrons. The van der Waals surface area contributed by atoms with Crippen molar-refractivity contribution in [1.29, 1.82) is 0 Å². The van der Waals surface area contributed by atoms with E-state index in [9.17, 15) is 0 Å². The Bertz CT molecular complexity index is 149. The third-order valence-corrected chi connectivity index (χ3v) is 3.52. The summed E-state index contributed by atoms with van der Waals surface area (Å²) < 4.78 is 5.06. The second-order valence-corrected chi connectivity index (χ2v) is 4.81. The molecule has 1 N–H and O–H groups in total. The van der Waals surface area contributed by atoms with Crippen LogP contribution in [0, 0.1) is 5.92 Å². The molecule has 0 saturated heterocycles. The molecule has 0 spiro atoms. The highest BCUT2D eigenvalue weighted by atomic mass is 16.5. The van der Waals surface area contributed by atoms with Crippen molar-refractivity contribution in [3.05, 3.63) is 0 Å². The van der Waals surface area contributed by atoms with Crippen LogP contribution in [0.15, 0.2) is 0 Å². The minimum Gasteiger partial charge on any atom is -0.383 e. The molecule has 2 unspecified atom stereocenters. The van der Waals surface area contributed by atoms with E-state index in [1.807, 2.05) is 0 Å². The van der Waals surface area contributed by atoms with Crippen LogP contribution in [0.1, 0.15) is 51.9 Å². The Morgan fingerprint density at radius 2 is 2.07 bits per heavy atom. The third kappa shape index (κ3) is 5.53. The van der Waals surface area contributed by atoms with Gasteiger partial charge in [0.25, 0.3) is 0 Å². The van der Waals surface area contributed by atoms with E-state index in [2.05, 4.69) is 12.2 Å². The minimum absolute atomic E-state index is 0.752. The molecule has 2 atom stereocenters. The molecule has 1 aliphatic rings. The van der Waals surface area contributed by atoms with Crippen molar-refractivity contribution in [3.63, 3.8) is 0 Å². The molecule has 1 fully saturated rings. The number of nitrogens with one attached hydrogen (secondary N) is 1. The second-order valence-electron chi connectivity index (χ2n) is 4.81. The van der Waals surface area contributed by atoms with E-state index in [1.54, 1.807) is 7.11 Å². The smallest absolute Gasteiger partial charge is 0.0587 e. The van der Waals surface area contributed by atoms with E-state index in [4.69, 9.17) is 4.74 Å². The maximum absolute atomic E-state index is 5.06. The predicted molar refractivity (Wildman–Crippen MR) is 65.1 cm³/mol. The first-order chi connectivity index (χ1) is 7.36. The summed E-state index contributed by atoms with van der Waals surface area (Å²) in [5.74, 6) is 1.00. The largest absolute Gasteiger partial charge is 0.383 e. The quantitative estimate of drug-likeness (QED) is 0.541. The average Bonchev–Trinajstić information content (AvgIpc) is 2.45. The molecule has 0 aromatic rings. The lowest BCUT2D eigenvalue weighted by atomic mass is 9.95. The summed E-state index contributed by atoms with van der Waals surface area (Å²) in [7, 11) is 1.77. The summed E-state index contributed by atoms with van der Waals surface area (Å²) >= 11 is 0. The van der Waals surface area contributed by atoms with E-state index >= 15 is 0 Å². The molecule has 90 valence electrons. The van der Waals surface area contributed by atoms with Gasteiger partial charge in [0.2, 0.25) is 0 Å². The molecule has 2 heteroatoms. The van der Waals surface area contributed by atoms with Gasteiger partial charge in [-0.3, -0.25) is 0 Å². The van der Waals surface area contributed by atoms with Crippen LogP contribution in [0.25, 0.3) is 0 Å². The monoisotopic (exact) mass is 213 g/mol. The zero-order valence-corrected chi connectivity index (χ0v) is 10.4. The molecule has 2 nitrogen and oxygen atoms in total. The summed E-state index contributed by atoms with van der Waals surface area (Å²) in [4.78, 5) is 0. The Hall–Kier alpha value is -0.0800. The van der Waals surface area contributed by atoms with E-state index in [0.717, 1.165) is 25.1 Å². The van der Waals surface area contributed by atoms with Crippen molar-refractivity contribution in [1.82, 2.24) is 5.32 Å². The minimum atomic E-state index is 0.752. The molecular weight excluding hydrogens is 186 g/mol. The summed E-state index contributed by atoms with van der Waals surface area (Å²) in [5.41, 5.74) is 0. The molecule has 0 amide bonds. The first kappa shape index (κ1) is 13.0. The van der Waals surface area contributed by atoms with Gasteiger partial charge in [0, 0.05) is 19.7 Å². The zero-order chi connectivity index (χ0) is 10.9. The van der Waals surface area contributed by atoms with Crippen LogP contribution in [0.4, 0.5) is 0 Å². The van der Waals surface area contributed by atoms with E-state index in [-0.39, 0.29) is 0 Å². The fourth-order valence-corrected chi connectivity index (χ4v) is 2.64. The molecule has 1 rings (SSSR count). The number of rotatable bonds is 6. The van der Waals surface area contributed by atoms with Gasteiger partial charge < -0.3 is 10.1 Å². The molecule has 0 bridgehead atoms. The van der Waals surface area contributed by atoms with Crippen LogP contribution in [-0.4, -0.2) is 26.3 Å². The number of methoxy groups -OCH3 is 1. The lowest BCUT2D eigenvalue weighted by molar-refractivity contribution is 0.194. The van der Waals surface area contributed by atoms with Crippen molar-refractivity contribution in [2.45, 2.75) is 57.9 Å². The van der Waals surface area contributed by atoms with Crippen molar-refractivity contribution < 1.29 is 4.74 Å². The maximum Gasteiger partial charge on any atom is 0.0587 e. The van der Waals surface area contributed by atoms with Gasteiger partial charge in [0.1, 0.15) is 0 Å².